The Hall–Kier alpha value is -2.21. The third-order valence-corrected chi connectivity index (χ3v) is 6.59. The number of benzene rings is 1. The van der Waals surface area contributed by atoms with Crippen LogP contribution >= 0.6 is 0 Å². The normalized spacial score (nSPS) is 24.9. The van der Waals surface area contributed by atoms with Crippen molar-refractivity contribution in [2.75, 3.05) is 44.2 Å². The van der Waals surface area contributed by atoms with E-state index in [1.165, 1.54) is 6.07 Å². The molecule has 3 heterocycles. The van der Waals surface area contributed by atoms with Crippen molar-refractivity contribution in [1.29, 1.82) is 0 Å². The number of carbonyl (C=O) groups is 1. The Bertz CT molecular complexity index is 874. The summed E-state index contributed by atoms with van der Waals surface area (Å²) in [6.45, 7) is 2.39. The molecule has 0 saturated carbocycles. The first-order chi connectivity index (χ1) is 15.9. The van der Waals surface area contributed by atoms with Gasteiger partial charge in [0, 0.05) is 57.1 Å². The lowest BCUT2D eigenvalue weighted by Crippen LogP contribution is -2.50. The van der Waals surface area contributed by atoms with Crippen molar-refractivity contribution in [2.45, 2.75) is 57.0 Å². The highest BCUT2D eigenvalue weighted by Crippen LogP contribution is 2.39. The van der Waals surface area contributed by atoms with Gasteiger partial charge in [-0.25, -0.2) is 4.79 Å². The molecule has 0 aliphatic carbocycles. The van der Waals surface area contributed by atoms with E-state index >= 15 is 0 Å². The molecule has 1 aromatic carbocycles. The highest BCUT2D eigenvalue weighted by Gasteiger charge is 2.41. The lowest BCUT2D eigenvalue weighted by atomic mass is 10.0. The number of hydrogen-bond acceptors (Lipinski definition) is 5. The van der Waals surface area contributed by atoms with E-state index in [1.807, 2.05) is 4.90 Å². The van der Waals surface area contributed by atoms with Crippen molar-refractivity contribution >= 4 is 11.8 Å². The van der Waals surface area contributed by atoms with E-state index in [4.69, 9.17) is 4.74 Å². The average molecular weight is 495 g/mol. The number of ether oxygens (including phenoxy) is 2. The van der Waals surface area contributed by atoms with Crippen LogP contribution in [0, 0.1) is 0 Å². The summed E-state index contributed by atoms with van der Waals surface area (Å²) < 4.78 is 89.9. The summed E-state index contributed by atoms with van der Waals surface area (Å²) in [6.07, 6.45) is -10.7. The number of fused-ring (bicyclic) bond motifs is 2. The molecular formula is C22H27F6N3O3. The van der Waals surface area contributed by atoms with Gasteiger partial charge in [0.25, 0.3) is 0 Å². The third kappa shape index (κ3) is 5.54. The second-order valence-corrected chi connectivity index (χ2v) is 8.99. The zero-order valence-corrected chi connectivity index (χ0v) is 18.7. The number of nitrogens with zero attached hydrogens (tertiary/aromatic N) is 3. The Morgan fingerprint density at radius 3 is 2.24 bits per heavy atom. The Kier molecular flexibility index (Phi) is 6.92. The zero-order valence-electron chi connectivity index (χ0n) is 18.7. The first-order valence-electron chi connectivity index (χ1n) is 11.3. The molecule has 6 nitrogen and oxygen atoms in total. The van der Waals surface area contributed by atoms with Crippen molar-refractivity contribution in [3.05, 3.63) is 29.3 Å². The second kappa shape index (κ2) is 9.44. The molecule has 3 atom stereocenters. The third-order valence-electron chi connectivity index (χ3n) is 6.59. The number of carbonyl (C=O) groups excluding carboxylic acids is 1. The summed E-state index contributed by atoms with van der Waals surface area (Å²) in [6, 6.07) is 4.18. The molecular weight excluding hydrogens is 468 g/mol. The van der Waals surface area contributed by atoms with E-state index in [0.717, 1.165) is 30.7 Å². The maximum absolute atomic E-state index is 13.9. The Balaban J connectivity index is 1.46. The maximum Gasteiger partial charge on any atom is 0.425 e. The molecule has 0 aromatic heterocycles. The van der Waals surface area contributed by atoms with Crippen molar-refractivity contribution in [1.82, 2.24) is 9.80 Å². The van der Waals surface area contributed by atoms with Gasteiger partial charge in [0.1, 0.15) is 0 Å². The molecule has 3 fully saturated rings. The fourth-order valence-corrected chi connectivity index (χ4v) is 4.72. The highest BCUT2D eigenvalue weighted by atomic mass is 19.4. The zero-order chi connectivity index (χ0) is 24.7. The van der Waals surface area contributed by atoms with Crippen LogP contribution in [0.15, 0.2) is 18.2 Å². The smallest absolute Gasteiger partial charge is 0.425 e. The van der Waals surface area contributed by atoms with Crippen LogP contribution in [0.3, 0.4) is 0 Å². The molecule has 0 spiro atoms. The minimum absolute atomic E-state index is 0.00906. The number of alkyl halides is 6. The fourth-order valence-electron chi connectivity index (χ4n) is 4.72. The lowest BCUT2D eigenvalue weighted by Gasteiger charge is -2.38. The monoisotopic (exact) mass is 495 g/mol. The number of piperazine rings is 1. The van der Waals surface area contributed by atoms with Crippen LogP contribution in [0.4, 0.5) is 36.8 Å². The van der Waals surface area contributed by atoms with Gasteiger partial charge in [0.05, 0.1) is 17.8 Å². The largest absolute Gasteiger partial charge is 0.437 e. The van der Waals surface area contributed by atoms with E-state index in [9.17, 15) is 31.1 Å². The van der Waals surface area contributed by atoms with Crippen LogP contribution in [-0.2, 0) is 22.2 Å². The molecule has 0 radical (unpaired) electrons. The van der Waals surface area contributed by atoms with Crippen molar-refractivity contribution < 1.29 is 40.6 Å². The SMILES string of the molecule is CC(OC(=O)N1CCN(Cc2c(N3CC4CCC(C3)O4)cccc2C(F)(F)F)CC1)C(F)(F)F. The Labute approximate surface area is 193 Å². The maximum atomic E-state index is 13.9. The van der Waals surface area contributed by atoms with Crippen molar-refractivity contribution in [3.63, 3.8) is 0 Å². The number of rotatable bonds is 4. The van der Waals surface area contributed by atoms with Crippen LogP contribution < -0.4 is 4.90 Å². The molecule has 3 aliphatic rings. The molecule has 1 amide bonds. The van der Waals surface area contributed by atoms with Gasteiger partial charge in [-0.2, -0.15) is 26.3 Å². The second-order valence-electron chi connectivity index (χ2n) is 8.99. The Morgan fingerprint density at radius 1 is 1.06 bits per heavy atom. The van der Waals surface area contributed by atoms with Gasteiger partial charge in [-0.3, -0.25) is 4.90 Å². The minimum atomic E-state index is -4.66. The summed E-state index contributed by atoms with van der Waals surface area (Å²) in [5.74, 6) is 0. The number of anilines is 1. The van der Waals surface area contributed by atoms with Gasteiger partial charge in [0.15, 0.2) is 6.10 Å². The summed E-state index contributed by atoms with van der Waals surface area (Å²) in [7, 11) is 0. The van der Waals surface area contributed by atoms with Crippen LogP contribution in [0.25, 0.3) is 0 Å². The first-order valence-corrected chi connectivity index (χ1v) is 11.3. The molecule has 34 heavy (non-hydrogen) atoms. The highest BCUT2D eigenvalue weighted by molar-refractivity contribution is 5.68. The van der Waals surface area contributed by atoms with E-state index in [1.54, 1.807) is 11.0 Å². The molecule has 3 saturated heterocycles. The number of amides is 1. The number of halogens is 6. The van der Waals surface area contributed by atoms with Gasteiger partial charge < -0.3 is 19.3 Å². The van der Waals surface area contributed by atoms with E-state index in [2.05, 4.69) is 4.74 Å². The summed E-state index contributed by atoms with van der Waals surface area (Å²) in [5.41, 5.74) is -0.0152. The average Bonchev–Trinajstić information content (AvgIpc) is 3.10. The van der Waals surface area contributed by atoms with Crippen molar-refractivity contribution in [2.24, 2.45) is 0 Å². The molecule has 4 rings (SSSR count). The minimum Gasteiger partial charge on any atom is -0.437 e. The quantitative estimate of drug-likeness (QED) is 0.584. The number of morpholine rings is 1. The molecule has 0 N–H and O–H groups in total. The van der Waals surface area contributed by atoms with Gasteiger partial charge >= 0.3 is 18.4 Å². The fraction of sp³-hybridized carbons (Fsp3) is 0.682. The predicted octanol–water partition coefficient (Wildman–Crippen LogP) is 4.28. The molecule has 2 bridgehead atoms. The topological polar surface area (TPSA) is 45.2 Å². The molecule has 3 unspecified atom stereocenters. The van der Waals surface area contributed by atoms with Crippen LogP contribution in [0.5, 0.6) is 0 Å². The molecule has 1 aromatic rings. The van der Waals surface area contributed by atoms with E-state index in [0.29, 0.717) is 18.8 Å². The van der Waals surface area contributed by atoms with Crippen LogP contribution in [-0.4, -0.2) is 79.6 Å². The van der Waals surface area contributed by atoms with Crippen molar-refractivity contribution in [3.8, 4) is 0 Å². The van der Waals surface area contributed by atoms with Gasteiger partial charge in [0.2, 0.25) is 0 Å². The Morgan fingerprint density at radius 2 is 1.68 bits per heavy atom. The lowest BCUT2D eigenvalue weighted by molar-refractivity contribution is -0.200. The summed E-state index contributed by atoms with van der Waals surface area (Å²) in [4.78, 5) is 16.9. The van der Waals surface area contributed by atoms with E-state index < -0.39 is 30.1 Å². The molecule has 12 heteroatoms. The summed E-state index contributed by atoms with van der Waals surface area (Å²) in [5, 5.41) is 0. The van der Waals surface area contributed by atoms with E-state index in [-0.39, 0.29) is 50.5 Å². The molecule has 190 valence electrons. The van der Waals surface area contributed by atoms with Crippen LogP contribution in [0.2, 0.25) is 0 Å². The van der Waals surface area contributed by atoms with Gasteiger partial charge in [-0.15, -0.1) is 0 Å². The standard InChI is InChI=1S/C22H27F6N3O3/c1-14(21(23,24)25)33-20(32)30-9-7-29(8-10-30)13-17-18(22(26,27)28)3-2-4-19(17)31-11-15-5-6-16(12-31)34-15/h2-4,14-16H,5-13H2,1H3. The van der Waals surface area contributed by atoms with Gasteiger partial charge in [-0.05, 0) is 31.9 Å². The summed E-state index contributed by atoms with van der Waals surface area (Å²) >= 11 is 0. The number of hydrogen-bond donors (Lipinski definition) is 0. The molecule has 3 aliphatic heterocycles. The van der Waals surface area contributed by atoms with Crippen LogP contribution in [0.1, 0.15) is 30.9 Å². The first kappa shape index (κ1) is 24.9. The predicted molar refractivity (Wildman–Crippen MR) is 110 cm³/mol. The van der Waals surface area contributed by atoms with Gasteiger partial charge in [-0.1, -0.05) is 6.07 Å².